The van der Waals surface area contributed by atoms with Crippen molar-refractivity contribution in [3.8, 4) is 0 Å². The number of piperidine rings is 1. The predicted octanol–water partition coefficient (Wildman–Crippen LogP) is 6.07. The zero-order valence-electron chi connectivity index (χ0n) is 26.7. The molecule has 3 aromatic rings. The zero-order valence-corrected chi connectivity index (χ0v) is 27.7. The van der Waals surface area contributed by atoms with Gasteiger partial charge in [-0.25, -0.2) is 0 Å². The van der Waals surface area contributed by atoms with Crippen molar-refractivity contribution in [3.63, 3.8) is 0 Å². The van der Waals surface area contributed by atoms with Gasteiger partial charge in [0.05, 0.1) is 24.8 Å². The minimum absolute atomic E-state index is 0.0333. The second kappa shape index (κ2) is 12.7. The molecule has 242 valence electrons. The topological polar surface area (TPSA) is 90.4 Å². The molecule has 1 spiro atoms. The molecule has 0 saturated carbocycles. The average molecular weight is 644 g/mol. The van der Waals surface area contributed by atoms with Gasteiger partial charge in [0.15, 0.2) is 5.60 Å². The number of fused-ring (bicyclic) bond motifs is 2. The number of carbonyl (C=O) groups excluding carboxylic acids is 3. The number of hydrogen-bond donors (Lipinski definition) is 1. The summed E-state index contributed by atoms with van der Waals surface area (Å²) in [6, 6.07) is 24.4. The minimum atomic E-state index is -3.53. The molecule has 3 aliphatic heterocycles. The Balaban J connectivity index is 1.42. The average Bonchev–Trinajstić information content (AvgIpc) is 3.47. The van der Waals surface area contributed by atoms with Crippen LogP contribution in [0.15, 0.2) is 78.9 Å². The van der Waals surface area contributed by atoms with Crippen LogP contribution in [0.3, 0.4) is 0 Å². The molecule has 3 amide bonds. The van der Waals surface area contributed by atoms with Gasteiger partial charge >= 0.3 is 0 Å². The molecule has 3 heterocycles. The Morgan fingerprint density at radius 3 is 2.37 bits per heavy atom. The van der Waals surface area contributed by atoms with Crippen LogP contribution in [-0.4, -0.2) is 61.9 Å². The third-order valence-corrected chi connectivity index (χ3v) is 12.3. The number of anilines is 3. The number of hydrogen-bond acceptors (Lipinski definition) is 5. The fourth-order valence-corrected chi connectivity index (χ4v) is 10.3. The maximum Gasteiger partial charge on any atom is 0.268 e. The van der Waals surface area contributed by atoms with Gasteiger partial charge in [0, 0.05) is 54.5 Å². The number of aliphatic hydroxyl groups is 1. The number of para-hydroxylation sites is 1. The van der Waals surface area contributed by atoms with Crippen molar-refractivity contribution in [2.24, 2.45) is 5.92 Å². The van der Waals surface area contributed by atoms with Crippen LogP contribution in [0.1, 0.15) is 43.7 Å². The molecule has 0 unspecified atom stereocenters. The summed E-state index contributed by atoms with van der Waals surface area (Å²) in [7, 11) is -3.53. The second-order valence-corrected chi connectivity index (χ2v) is 17.0. The Bertz CT molecular complexity index is 1600. The molecule has 8 nitrogen and oxygen atoms in total. The van der Waals surface area contributed by atoms with E-state index in [0.717, 1.165) is 18.4 Å². The Morgan fingerprint density at radius 2 is 1.72 bits per heavy atom. The second-order valence-electron chi connectivity index (χ2n) is 13.2. The first-order chi connectivity index (χ1) is 22.1. The number of benzene rings is 3. The van der Waals surface area contributed by atoms with E-state index >= 15 is 4.11 Å². The normalized spacial score (nSPS) is 24.5. The van der Waals surface area contributed by atoms with Crippen LogP contribution < -0.4 is 9.80 Å². The molecular weight excluding hydrogens is 601 g/mol. The monoisotopic (exact) mass is 643 g/mol. The highest BCUT2D eigenvalue weighted by molar-refractivity contribution is 6.72. The highest BCUT2D eigenvalue weighted by Gasteiger charge is 2.67. The van der Waals surface area contributed by atoms with Crippen molar-refractivity contribution in [3.05, 3.63) is 90.0 Å². The lowest BCUT2D eigenvalue weighted by Gasteiger charge is -2.32. The number of halogens is 1. The maximum atomic E-state index is 16.4. The van der Waals surface area contributed by atoms with Crippen molar-refractivity contribution in [1.29, 1.82) is 0 Å². The van der Waals surface area contributed by atoms with Crippen LogP contribution in [0, 0.1) is 5.92 Å². The van der Waals surface area contributed by atoms with Gasteiger partial charge in [-0.05, 0) is 61.8 Å². The summed E-state index contributed by atoms with van der Waals surface area (Å²) >= 11 is 0. The summed E-state index contributed by atoms with van der Waals surface area (Å²) in [4.78, 5) is 46.6. The first-order valence-electron chi connectivity index (χ1n) is 16.2. The summed E-state index contributed by atoms with van der Waals surface area (Å²) < 4.78 is 23.3. The third kappa shape index (κ3) is 5.67. The number of nitrogens with zero attached hydrogens (tertiary/aromatic N) is 3. The Morgan fingerprint density at radius 1 is 1.02 bits per heavy atom. The van der Waals surface area contributed by atoms with Crippen LogP contribution in [0.4, 0.5) is 21.2 Å². The summed E-state index contributed by atoms with van der Waals surface area (Å²) in [5.41, 5.74) is 1.27. The van der Waals surface area contributed by atoms with Crippen molar-refractivity contribution >= 4 is 43.2 Å². The molecule has 4 atom stereocenters. The molecule has 46 heavy (non-hydrogen) atoms. The van der Waals surface area contributed by atoms with Gasteiger partial charge in [-0.2, -0.15) is 0 Å². The zero-order chi connectivity index (χ0) is 32.6. The van der Waals surface area contributed by atoms with E-state index in [2.05, 4.69) is 0 Å². The van der Waals surface area contributed by atoms with Gasteiger partial charge in [0.2, 0.25) is 20.2 Å². The highest BCUT2D eigenvalue weighted by atomic mass is 28.4. The number of amides is 3. The van der Waals surface area contributed by atoms with Crippen molar-refractivity contribution in [2.45, 2.75) is 69.5 Å². The van der Waals surface area contributed by atoms with E-state index in [-0.39, 0.29) is 37.3 Å². The number of ether oxygens (including phenoxy) is 1. The summed E-state index contributed by atoms with van der Waals surface area (Å²) in [6.45, 7) is 5.89. The molecule has 1 N–H and O–H groups in total. The SMILES string of the molecule is C[C@H]1[C@H]([Si](C)(C)F)[C@@H](CC(=O)N(CCO)Cc2ccccc2)O[C@]12C(=O)N(c1ccccc1)c1ccc(N3CCCCC3=O)cc12. The molecular formula is C36H42FN3O5Si. The van der Waals surface area contributed by atoms with Gasteiger partial charge in [-0.3, -0.25) is 19.3 Å². The molecule has 0 radical (unpaired) electrons. The van der Waals surface area contributed by atoms with E-state index in [4.69, 9.17) is 4.74 Å². The summed E-state index contributed by atoms with van der Waals surface area (Å²) in [5, 5.41) is 9.79. The first kappa shape index (κ1) is 32.1. The number of rotatable bonds is 9. The molecule has 2 fully saturated rings. The Kier molecular flexibility index (Phi) is 8.88. The fraction of sp³-hybridized carbons (Fsp3) is 0.417. The summed E-state index contributed by atoms with van der Waals surface area (Å²) in [6.07, 6.45) is 1.21. The van der Waals surface area contributed by atoms with Crippen LogP contribution in [-0.2, 0) is 31.3 Å². The van der Waals surface area contributed by atoms with Gasteiger partial charge in [0.25, 0.3) is 5.91 Å². The van der Waals surface area contributed by atoms with E-state index in [1.54, 1.807) is 27.8 Å². The predicted molar refractivity (Wildman–Crippen MR) is 178 cm³/mol. The quantitative estimate of drug-likeness (QED) is 0.226. The van der Waals surface area contributed by atoms with Crippen molar-refractivity contribution in [1.82, 2.24) is 4.90 Å². The lowest BCUT2D eigenvalue weighted by molar-refractivity contribution is -0.149. The number of carbonyl (C=O) groups is 3. The molecule has 3 aliphatic rings. The number of aliphatic hydroxyl groups excluding tert-OH is 1. The largest absolute Gasteiger partial charge is 0.395 e. The molecule has 10 heteroatoms. The van der Waals surface area contributed by atoms with Gasteiger partial charge in [-0.1, -0.05) is 55.5 Å². The van der Waals surface area contributed by atoms with Crippen molar-refractivity contribution < 1.29 is 28.3 Å². The van der Waals surface area contributed by atoms with Gasteiger partial charge in [-0.15, -0.1) is 0 Å². The van der Waals surface area contributed by atoms with Gasteiger partial charge < -0.3 is 23.8 Å². The van der Waals surface area contributed by atoms with Crippen LogP contribution in [0.5, 0.6) is 0 Å². The maximum absolute atomic E-state index is 16.4. The van der Waals surface area contributed by atoms with Crippen molar-refractivity contribution in [2.75, 3.05) is 29.5 Å². The van der Waals surface area contributed by atoms with Crippen LogP contribution in [0.2, 0.25) is 18.6 Å². The first-order valence-corrected chi connectivity index (χ1v) is 19.2. The van der Waals surface area contributed by atoms with Crippen LogP contribution in [0.25, 0.3) is 0 Å². The molecule has 0 aliphatic carbocycles. The third-order valence-electron chi connectivity index (χ3n) is 9.82. The molecule has 0 bridgehead atoms. The highest BCUT2D eigenvalue weighted by Crippen LogP contribution is 2.61. The minimum Gasteiger partial charge on any atom is -0.395 e. The van der Waals surface area contributed by atoms with E-state index in [1.807, 2.05) is 85.8 Å². The standard InChI is InChI=1S/C36H42FN3O5Si/c1-25-34(46(2,3)37)31(23-33(43)38(20-21-41)24-26-12-6-4-7-13-26)45-36(25)29-22-28(39-19-11-10-16-32(39)42)17-18-30(29)40(35(36)44)27-14-8-5-9-15-27/h4-9,12-15,17-18,22,25,31,34,41H,10-11,16,19-21,23-24H2,1-3H3/t25-,31+,34-,36+/m0/s1. The van der Waals surface area contributed by atoms with Gasteiger partial charge in [0.1, 0.15) is 0 Å². The fourth-order valence-electron chi connectivity index (χ4n) is 7.76. The Labute approximate surface area is 270 Å². The van der Waals surface area contributed by atoms with E-state index < -0.39 is 31.6 Å². The lowest BCUT2D eigenvalue weighted by atomic mass is 9.82. The molecule has 3 aromatic carbocycles. The molecule has 6 rings (SSSR count). The van der Waals surface area contributed by atoms with Crippen LogP contribution >= 0.6 is 0 Å². The summed E-state index contributed by atoms with van der Waals surface area (Å²) in [5.74, 6) is -1.15. The lowest BCUT2D eigenvalue weighted by Crippen LogP contribution is -2.44. The molecule has 0 aromatic heterocycles. The van der Waals surface area contributed by atoms with E-state index in [0.29, 0.717) is 42.1 Å². The smallest absolute Gasteiger partial charge is 0.268 e. The van der Waals surface area contributed by atoms with E-state index in [9.17, 15) is 19.5 Å². The Hall–Kier alpha value is -3.86. The molecule has 2 saturated heterocycles. The van der Waals surface area contributed by atoms with E-state index in [1.165, 1.54) is 0 Å².